The van der Waals surface area contributed by atoms with Gasteiger partial charge in [0.05, 0.1) is 10.6 Å². The molecule has 31 heavy (non-hydrogen) atoms. The lowest BCUT2D eigenvalue weighted by molar-refractivity contribution is 0.206. The maximum atomic E-state index is 13.7. The molecule has 1 fully saturated rings. The first kappa shape index (κ1) is 21.6. The summed E-state index contributed by atoms with van der Waals surface area (Å²) in [6.07, 6.45) is 1.62. The van der Waals surface area contributed by atoms with Gasteiger partial charge in [0.1, 0.15) is 0 Å². The predicted octanol–water partition coefficient (Wildman–Crippen LogP) is 5.16. The summed E-state index contributed by atoms with van der Waals surface area (Å²) in [5, 5.41) is 0. The lowest BCUT2D eigenvalue weighted by atomic mass is 10.0. The molecule has 0 amide bonds. The molecule has 1 aliphatic rings. The lowest BCUT2D eigenvalue weighted by Gasteiger charge is -2.39. The predicted molar refractivity (Wildman–Crippen MR) is 127 cm³/mol. The molecule has 1 heterocycles. The van der Waals surface area contributed by atoms with E-state index in [0.717, 1.165) is 49.3 Å². The zero-order valence-electron chi connectivity index (χ0n) is 18.2. The van der Waals surface area contributed by atoms with Gasteiger partial charge < -0.3 is 0 Å². The summed E-state index contributed by atoms with van der Waals surface area (Å²) in [6, 6.07) is 25.4. The number of sulfonamides is 1. The second-order valence-electron chi connectivity index (χ2n) is 8.45. The maximum Gasteiger partial charge on any atom is 0.264 e. The van der Waals surface area contributed by atoms with E-state index in [-0.39, 0.29) is 6.04 Å². The number of piperidine rings is 1. The van der Waals surface area contributed by atoms with Gasteiger partial charge >= 0.3 is 0 Å². The highest BCUT2D eigenvalue weighted by Crippen LogP contribution is 2.31. The molecular weight excluding hydrogens is 404 g/mol. The van der Waals surface area contributed by atoms with Crippen molar-refractivity contribution in [3.8, 4) is 0 Å². The third-order valence-electron chi connectivity index (χ3n) is 5.97. The molecule has 162 valence electrons. The van der Waals surface area contributed by atoms with Crippen molar-refractivity contribution in [3.63, 3.8) is 0 Å². The van der Waals surface area contributed by atoms with Crippen LogP contribution in [-0.2, 0) is 16.6 Å². The van der Waals surface area contributed by atoms with Crippen LogP contribution in [0.1, 0.15) is 29.5 Å². The Kier molecular flexibility index (Phi) is 6.44. The lowest BCUT2D eigenvalue weighted by Crippen LogP contribution is -2.47. The molecule has 4 nitrogen and oxygen atoms in total. The van der Waals surface area contributed by atoms with Crippen LogP contribution in [0.4, 0.5) is 5.69 Å². The van der Waals surface area contributed by atoms with Crippen molar-refractivity contribution in [1.82, 2.24) is 4.90 Å². The van der Waals surface area contributed by atoms with E-state index in [1.54, 1.807) is 16.4 Å². The van der Waals surface area contributed by atoms with Gasteiger partial charge in [0.15, 0.2) is 0 Å². The molecule has 0 atom stereocenters. The molecule has 3 aromatic carbocycles. The van der Waals surface area contributed by atoms with Crippen LogP contribution in [0.5, 0.6) is 0 Å². The molecule has 0 bridgehead atoms. The molecule has 1 aliphatic heterocycles. The Bertz CT molecular complexity index is 1100. The number of aryl methyl sites for hydroxylation is 2. The third-order valence-corrected chi connectivity index (χ3v) is 7.87. The van der Waals surface area contributed by atoms with Crippen molar-refractivity contribution in [1.29, 1.82) is 0 Å². The van der Waals surface area contributed by atoms with E-state index in [1.165, 1.54) is 5.56 Å². The van der Waals surface area contributed by atoms with E-state index in [2.05, 4.69) is 29.2 Å². The number of likely N-dealkylation sites (tertiary alicyclic amines) is 1. The molecule has 4 rings (SSSR count). The van der Waals surface area contributed by atoms with Crippen LogP contribution >= 0.6 is 0 Å². The molecule has 3 aromatic rings. The first-order chi connectivity index (χ1) is 14.9. The highest BCUT2D eigenvalue weighted by atomic mass is 32.2. The van der Waals surface area contributed by atoms with Crippen LogP contribution in [0, 0.1) is 13.8 Å². The van der Waals surface area contributed by atoms with Crippen molar-refractivity contribution in [2.45, 2.75) is 44.2 Å². The Labute approximate surface area is 186 Å². The minimum Gasteiger partial charge on any atom is -0.299 e. The van der Waals surface area contributed by atoms with Gasteiger partial charge in [-0.1, -0.05) is 60.2 Å². The Morgan fingerprint density at radius 3 is 2.16 bits per heavy atom. The van der Waals surface area contributed by atoms with Crippen molar-refractivity contribution in [2.75, 3.05) is 17.4 Å². The summed E-state index contributed by atoms with van der Waals surface area (Å²) in [4.78, 5) is 2.77. The average Bonchev–Trinajstić information content (AvgIpc) is 2.76. The molecule has 0 radical (unpaired) electrons. The molecular formula is C26H30N2O2S. The Hall–Kier alpha value is -2.63. The largest absolute Gasteiger partial charge is 0.299 e. The fourth-order valence-electron chi connectivity index (χ4n) is 4.29. The van der Waals surface area contributed by atoms with E-state index < -0.39 is 10.0 Å². The van der Waals surface area contributed by atoms with Crippen molar-refractivity contribution < 1.29 is 8.42 Å². The van der Waals surface area contributed by atoms with Gasteiger partial charge in [-0.25, -0.2) is 8.42 Å². The zero-order valence-corrected chi connectivity index (χ0v) is 19.1. The summed E-state index contributed by atoms with van der Waals surface area (Å²) < 4.78 is 29.2. The van der Waals surface area contributed by atoms with Gasteiger partial charge in [0.25, 0.3) is 10.0 Å². The second kappa shape index (κ2) is 9.25. The summed E-state index contributed by atoms with van der Waals surface area (Å²) in [5.74, 6) is 0. The minimum absolute atomic E-state index is 0.0554. The van der Waals surface area contributed by atoms with Crippen LogP contribution in [0.25, 0.3) is 0 Å². The Balaban J connectivity index is 1.59. The summed E-state index contributed by atoms with van der Waals surface area (Å²) >= 11 is 0. The van der Waals surface area contributed by atoms with Crippen LogP contribution in [0.3, 0.4) is 0 Å². The Morgan fingerprint density at radius 2 is 1.52 bits per heavy atom. The summed E-state index contributed by atoms with van der Waals surface area (Å²) in [7, 11) is -3.65. The van der Waals surface area contributed by atoms with Gasteiger partial charge in [-0.3, -0.25) is 9.21 Å². The van der Waals surface area contributed by atoms with E-state index in [0.29, 0.717) is 4.90 Å². The van der Waals surface area contributed by atoms with E-state index in [1.807, 2.05) is 56.3 Å². The first-order valence-electron chi connectivity index (χ1n) is 10.9. The number of rotatable bonds is 6. The normalized spacial score (nSPS) is 15.7. The summed E-state index contributed by atoms with van der Waals surface area (Å²) in [6.45, 7) is 6.64. The fraction of sp³-hybridized carbons (Fsp3) is 0.308. The van der Waals surface area contributed by atoms with Gasteiger partial charge in [-0.2, -0.15) is 0 Å². The molecule has 0 saturated carbocycles. The topological polar surface area (TPSA) is 40.6 Å². The van der Waals surface area contributed by atoms with Crippen LogP contribution < -0.4 is 4.31 Å². The quantitative estimate of drug-likeness (QED) is 0.538. The number of nitrogens with zero attached hydrogens (tertiary/aromatic N) is 2. The van der Waals surface area contributed by atoms with Crippen molar-refractivity contribution >= 4 is 15.7 Å². The van der Waals surface area contributed by atoms with Crippen LogP contribution in [0.15, 0.2) is 83.8 Å². The molecule has 0 aliphatic carbocycles. The van der Waals surface area contributed by atoms with Gasteiger partial charge in [0, 0.05) is 25.7 Å². The van der Waals surface area contributed by atoms with E-state index >= 15 is 0 Å². The molecule has 0 aromatic heterocycles. The highest BCUT2D eigenvalue weighted by Gasteiger charge is 2.34. The smallest absolute Gasteiger partial charge is 0.264 e. The Morgan fingerprint density at radius 1 is 0.839 bits per heavy atom. The number of hydrogen-bond donors (Lipinski definition) is 0. The van der Waals surface area contributed by atoms with Gasteiger partial charge in [-0.15, -0.1) is 0 Å². The first-order valence-corrected chi connectivity index (χ1v) is 12.3. The number of benzene rings is 3. The molecule has 0 unspecified atom stereocenters. The standard InChI is InChI=1S/C26H30N2O2S/c1-21-11-13-26(14-12-21)31(29,30)28(25-10-6-7-22(2)19-25)24-15-17-27(18-16-24)20-23-8-4-3-5-9-23/h3-14,19,24H,15-18,20H2,1-2H3. The van der Waals surface area contributed by atoms with Gasteiger partial charge in [-0.05, 0) is 62.1 Å². The SMILES string of the molecule is Cc1ccc(S(=O)(=O)N(c2cccc(C)c2)C2CCN(Cc3ccccc3)CC2)cc1. The summed E-state index contributed by atoms with van der Waals surface area (Å²) in [5.41, 5.74) is 4.16. The highest BCUT2D eigenvalue weighted by molar-refractivity contribution is 7.92. The third kappa shape index (κ3) is 5.00. The average molecular weight is 435 g/mol. The van der Waals surface area contributed by atoms with Crippen LogP contribution in [0.2, 0.25) is 0 Å². The second-order valence-corrected chi connectivity index (χ2v) is 10.3. The minimum atomic E-state index is -3.65. The van der Waals surface area contributed by atoms with Gasteiger partial charge in [0.2, 0.25) is 0 Å². The zero-order chi connectivity index (χ0) is 21.8. The van der Waals surface area contributed by atoms with E-state index in [9.17, 15) is 8.42 Å². The number of anilines is 1. The molecule has 5 heteroatoms. The van der Waals surface area contributed by atoms with E-state index in [4.69, 9.17) is 0 Å². The maximum absolute atomic E-state index is 13.7. The van der Waals surface area contributed by atoms with Crippen molar-refractivity contribution in [3.05, 3.63) is 95.6 Å². The van der Waals surface area contributed by atoms with Crippen LogP contribution in [-0.4, -0.2) is 32.4 Å². The monoisotopic (exact) mass is 434 g/mol. The molecule has 0 N–H and O–H groups in total. The molecule has 0 spiro atoms. The number of hydrogen-bond acceptors (Lipinski definition) is 3. The molecule has 1 saturated heterocycles. The fourth-order valence-corrected chi connectivity index (χ4v) is 5.99. The van der Waals surface area contributed by atoms with Crippen molar-refractivity contribution in [2.24, 2.45) is 0 Å².